The molecule has 0 aromatic heterocycles. The summed E-state index contributed by atoms with van der Waals surface area (Å²) in [4.78, 5) is 27.0. The summed E-state index contributed by atoms with van der Waals surface area (Å²) in [6.07, 6.45) is 0.776. The van der Waals surface area contributed by atoms with E-state index in [9.17, 15) is 14.0 Å². The third-order valence-corrected chi connectivity index (χ3v) is 5.53. The number of ether oxygens (including phenoxy) is 1. The van der Waals surface area contributed by atoms with Crippen LogP contribution in [0.5, 0.6) is 5.75 Å². The second-order valence-electron chi connectivity index (χ2n) is 7.01. The van der Waals surface area contributed by atoms with Gasteiger partial charge in [0.1, 0.15) is 17.6 Å². The van der Waals surface area contributed by atoms with Crippen LogP contribution >= 0.6 is 27.5 Å². The summed E-state index contributed by atoms with van der Waals surface area (Å²) < 4.78 is 19.5. The van der Waals surface area contributed by atoms with Crippen LogP contribution in [0.25, 0.3) is 0 Å². The standard InChI is InChI=1S/C22H25BrClFN2O3/c1-4-14(2)26-22(29)15(3)27(12-16-5-8-18(25)9-6-16)21(28)13-30-20-10-7-17(24)11-19(20)23/h5-11,14-15H,4,12-13H2,1-3H3,(H,26,29)/t14-,15+/m1/s1. The van der Waals surface area contributed by atoms with Gasteiger partial charge in [0.25, 0.3) is 5.91 Å². The molecule has 0 aliphatic carbocycles. The first-order valence-corrected chi connectivity index (χ1v) is 10.8. The highest BCUT2D eigenvalue weighted by molar-refractivity contribution is 9.10. The topological polar surface area (TPSA) is 58.6 Å². The molecule has 0 spiro atoms. The third-order valence-electron chi connectivity index (χ3n) is 4.68. The summed E-state index contributed by atoms with van der Waals surface area (Å²) in [5.74, 6) is -0.526. The highest BCUT2D eigenvalue weighted by Gasteiger charge is 2.27. The van der Waals surface area contributed by atoms with Gasteiger partial charge >= 0.3 is 0 Å². The lowest BCUT2D eigenvalue weighted by molar-refractivity contribution is -0.142. The maximum absolute atomic E-state index is 13.2. The Kier molecular flexibility index (Phi) is 9.11. The van der Waals surface area contributed by atoms with Gasteiger partial charge < -0.3 is 15.0 Å². The Morgan fingerprint density at radius 3 is 2.47 bits per heavy atom. The number of hydrogen-bond donors (Lipinski definition) is 1. The largest absolute Gasteiger partial charge is 0.483 e. The van der Waals surface area contributed by atoms with Crippen LogP contribution in [0.4, 0.5) is 4.39 Å². The number of rotatable bonds is 9. The number of nitrogens with zero attached hydrogens (tertiary/aromatic N) is 1. The van der Waals surface area contributed by atoms with E-state index in [1.807, 2.05) is 13.8 Å². The SMILES string of the molecule is CC[C@@H](C)NC(=O)[C@H](C)N(Cc1ccc(F)cc1)C(=O)COc1ccc(Cl)cc1Br. The maximum Gasteiger partial charge on any atom is 0.261 e. The van der Waals surface area contributed by atoms with Crippen molar-refractivity contribution in [2.75, 3.05) is 6.61 Å². The van der Waals surface area contributed by atoms with Crippen LogP contribution in [-0.2, 0) is 16.1 Å². The van der Waals surface area contributed by atoms with Crippen LogP contribution in [0.1, 0.15) is 32.8 Å². The first-order chi connectivity index (χ1) is 14.2. The Hall–Kier alpha value is -2.12. The Morgan fingerprint density at radius 2 is 1.87 bits per heavy atom. The van der Waals surface area contributed by atoms with Crippen molar-refractivity contribution in [3.8, 4) is 5.75 Å². The summed E-state index contributed by atoms with van der Waals surface area (Å²) in [6.45, 7) is 5.42. The van der Waals surface area contributed by atoms with Crippen LogP contribution in [-0.4, -0.2) is 35.4 Å². The van der Waals surface area contributed by atoms with E-state index in [1.165, 1.54) is 17.0 Å². The van der Waals surface area contributed by atoms with Crippen molar-refractivity contribution in [1.82, 2.24) is 10.2 Å². The Morgan fingerprint density at radius 1 is 1.20 bits per heavy atom. The van der Waals surface area contributed by atoms with E-state index < -0.39 is 6.04 Å². The summed E-state index contributed by atoms with van der Waals surface area (Å²) >= 11 is 9.28. The molecule has 0 saturated heterocycles. The van der Waals surface area contributed by atoms with Gasteiger partial charge in [-0.3, -0.25) is 9.59 Å². The van der Waals surface area contributed by atoms with Crippen molar-refractivity contribution in [3.63, 3.8) is 0 Å². The Balaban J connectivity index is 2.16. The lowest BCUT2D eigenvalue weighted by atomic mass is 10.1. The second kappa shape index (κ2) is 11.3. The van der Waals surface area contributed by atoms with Gasteiger partial charge in [-0.25, -0.2) is 4.39 Å². The van der Waals surface area contributed by atoms with Crippen molar-refractivity contribution in [3.05, 3.63) is 63.3 Å². The van der Waals surface area contributed by atoms with Crippen LogP contribution in [0.2, 0.25) is 5.02 Å². The lowest BCUT2D eigenvalue weighted by Crippen LogP contribution is -2.50. The average molecular weight is 500 g/mol. The molecule has 0 unspecified atom stereocenters. The first kappa shape index (κ1) is 24.2. The second-order valence-corrected chi connectivity index (χ2v) is 8.30. The third kappa shape index (κ3) is 6.99. The summed E-state index contributed by atoms with van der Waals surface area (Å²) in [5, 5.41) is 3.43. The van der Waals surface area contributed by atoms with Crippen molar-refractivity contribution in [1.29, 1.82) is 0 Å². The lowest BCUT2D eigenvalue weighted by Gasteiger charge is -2.29. The van der Waals surface area contributed by atoms with E-state index in [0.717, 1.165) is 6.42 Å². The van der Waals surface area contributed by atoms with Gasteiger partial charge in [0.2, 0.25) is 5.91 Å². The molecule has 162 valence electrons. The number of carbonyl (C=O) groups is 2. The number of carbonyl (C=O) groups excluding carboxylic acids is 2. The summed E-state index contributed by atoms with van der Waals surface area (Å²) in [6, 6.07) is 10.1. The van der Waals surface area contributed by atoms with Crippen molar-refractivity contribution in [2.45, 2.75) is 45.8 Å². The quantitative estimate of drug-likeness (QED) is 0.531. The van der Waals surface area contributed by atoms with Crippen LogP contribution in [0.3, 0.4) is 0 Å². The van der Waals surface area contributed by atoms with Crippen molar-refractivity contribution >= 4 is 39.3 Å². The number of nitrogens with one attached hydrogen (secondary N) is 1. The molecule has 2 aromatic rings. The molecule has 0 saturated carbocycles. The highest BCUT2D eigenvalue weighted by atomic mass is 79.9. The smallest absolute Gasteiger partial charge is 0.261 e. The molecular formula is C22H25BrClFN2O3. The zero-order chi connectivity index (χ0) is 22.3. The van der Waals surface area contributed by atoms with Gasteiger partial charge in [-0.15, -0.1) is 0 Å². The Labute approximate surface area is 189 Å². The van der Waals surface area contributed by atoms with Gasteiger partial charge in [-0.05, 0) is 72.1 Å². The van der Waals surface area contributed by atoms with Gasteiger partial charge in [-0.1, -0.05) is 30.7 Å². The molecule has 2 aromatic carbocycles. The molecule has 0 fully saturated rings. The van der Waals surface area contributed by atoms with Gasteiger partial charge in [0.15, 0.2) is 6.61 Å². The van der Waals surface area contributed by atoms with Crippen LogP contribution in [0.15, 0.2) is 46.9 Å². The predicted molar refractivity (Wildman–Crippen MR) is 119 cm³/mol. The molecule has 0 aliphatic rings. The van der Waals surface area contributed by atoms with Crippen LogP contribution in [0, 0.1) is 5.82 Å². The van der Waals surface area contributed by atoms with E-state index >= 15 is 0 Å². The molecule has 8 heteroatoms. The Bertz CT molecular complexity index is 879. The van der Waals surface area contributed by atoms with Gasteiger partial charge in [0, 0.05) is 17.6 Å². The predicted octanol–water partition coefficient (Wildman–Crippen LogP) is 4.95. The fourth-order valence-electron chi connectivity index (χ4n) is 2.65. The summed E-state index contributed by atoms with van der Waals surface area (Å²) in [5.41, 5.74) is 0.709. The molecule has 1 N–H and O–H groups in total. The monoisotopic (exact) mass is 498 g/mol. The number of hydrogen-bond acceptors (Lipinski definition) is 3. The fraction of sp³-hybridized carbons (Fsp3) is 0.364. The minimum absolute atomic E-state index is 0.0102. The van der Waals surface area contributed by atoms with Gasteiger partial charge in [0.05, 0.1) is 4.47 Å². The number of benzene rings is 2. The molecule has 2 amide bonds. The molecule has 2 atom stereocenters. The van der Waals surface area contributed by atoms with Gasteiger partial charge in [-0.2, -0.15) is 0 Å². The van der Waals surface area contributed by atoms with Crippen LogP contribution < -0.4 is 10.1 Å². The minimum atomic E-state index is -0.728. The molecule has 2 rings (SSSR count). The van der Waals surface area contributed by atoms with Crippen molar-refractivity contribution in [2.24, 2.45) is 0 Å². The normalized spacial score (nSPS) is 12.7. The molecule has 0 aliphatic heterocycles. The highest BCUT2D eigenvalue weighted by Crippen LogP contribution is 2.28. The fourth-order valence-corrected chi connectivity index (χ4v) is 3.45. The first-order valence-electron chi connectivity index (χ1n) is 9.63. The zero-order valence-corrected chi connectivity index (χ0v) is 19.5. The van der Waals surface area contributed by atoms with E-state index in [0.29, 0.717) is 20.8 Å². The summed E-state index contributed by atoms with van der Waals surface area (Å²) in [7, 11) is 0. The maximum atomic E-state index is 13.2. The molecule has 0 bridgehead atoms. The van der Waals surface area contributed by atoms with E-state index in [2.05, 4.69) is 21.2 Å². The molecule has 0 radical (unpaired) electrons. The molecule has 30 heavy (non-hydrogen) atoms. The number of halogens is 3. The van der Waals surface area contributed by atoms with E-state index in [-0.39, 0.29) is 36.8 Å². The average Bonchev–Trinajstić information content (AvgIpc) is 2.71. The minimum Gasteiger partial charge on any atom is -0.483 e. The van der Waals surface area contributed by atoms with E-state index in [4.69, 9.17) is 16.3 Å². The van der Waals surface area contributed by atoms with Crippen molar-refractivity contribution < 1.29 is 18.7 Å². The van der Waals surface area contributed by atoms with E-state index in [1.54, 1.807) is 37.3 Å². The zero-order valence-electron chi connectivity index (χ0n) is 17.1. The molecular weight excluding hydrogens is 475 g/mol. The molecule has 5 nitrogen and oxygen atoms in total. The molecule has 0 heterocycles. The number of amides is 2.